The van der Waals surface area contributed by atoms with Crippen molar-refractivity contribution in [2.45, 2.75) is 19.5 Å². The first kappa shape index (κ1) is 19.7. The number of benzene rings is 2. The maximum absolute atomic E-state index is 13.5. The van der Waals surface area contributed by atoms with E-state index in [-0.39, 0.29) is 12.2 Å². The van der Waals surface area contributed by atoms with Crippen molar-refractivity contribution in [1.82, 2.24) is 5.32 Å². The Morgan fingerprint density at radius 1 is 1.23 bits per heavy atom. The number of amides is 1. The SMILES string of the molecule is COc1ccc(CNC(=O)C(C)N(c2cccc(F)c2)S(C)(=O)=O)cc1. The van der Waals surface area contributed by atoms with Crippen molar-refractivity contribution in [3.63, 3.8) is 0 Å². The molecule has 1 amide bonds. The van der Waals surface area contributed by atoms with Gasteiger partial charge in [-0.3, -0.25) is 9.10 Å². The molecule has 2 aromatic carbocycles. The van der Waals surface area contributed by atoms with Crippen LogP contribution in [0.1, 0.15) is 12.5 Å². The third-order valence-electron chi connectivity index (χ3n) is 3.78. The lowest BCUT2D eigenvalue weighted by atomic mass is 10.2. The van der Waals surface area contributed by atoms with Crippen LogP contribution in [0.25, 0.3) is 0 Å². The zero-order chi connectivity index (χ0) is 19.3. The summed E-state index contributed by atoms with van der Waals surface area (Å²) in [6.07, 6.45) is 0.977. The molecule has 0 heterocycles. The van der Waals surface area contributed by atoms with Crippen molar-refractivity contribution in [2.75, 3.05) is 17.7 Å². The molecule has 2 rings (SSSR count). The second kappa shape index (κ2) is 8.18. The summed E-state index contributed by atoms with van der Waals surface area (Å²) >= 11 is 0. The highest BCUT2D eigenvalue weighted by Crippen LogP contribution is 2.21. The molecule has 6 nitrogen and oxygen atoms in total. The first-order chi connectivity index (χ1) is 12.2. The lowest BCUT2D eigenvalue weighted by molar-refractivity contribution is -0.122. The summed E-state index contributed by atoms with van der Waals surface area (Å²) in [6, 6.07) is 11.2. The van der Waals surface area contributed by atoms with E-state index in [0.29, 0.717) is 5.75 Å². The van der Waals surface area contributed by atoms with E-state index in [1.54, 1.807) is 31.4 Å². The summed E-state index contributed by atoms with van der Waals surface area (Å²) in [6.45, 7) is 1.68. The first-order valence-corrected chi connectivity index (χ1v) is 9.73. The Hall–Kier alpha value is -2.61. The molecule has 0 aliphatic heterocycles. The van der Waals surface area contributed by atoms with Crippen LogP contribution in [0.3, 0.4) is 0 Å². The molecule has 0 aliphatic rings. The van der Waals surface area contributed by atoms with Crippen molar-refractivity contribution in [3.05, 3.63) is 59.9 Å². The Morgan fingerprint density at radius 3 is 2.42 bits per heavy atom. The number of hydrogen-bond acceptors (Lipinski definition) is 4. The van der Waals surface area contributed by atoms with E-state index >= 15 is 0 Å². The number of sulfonamides is 1. The molecule has 140 valence electrons. The molecular weight excluding hydrogens is 359 g/mol. The van der Waals surface area contributed by atoms with Gasteiger partial charge >= 0.3 is 0 Å². The fraction of sp³-hybridized carbons (Fsp3) is 0.278. The van der Waals surface area contributed by atoms with Gasteiger partial charge in [-0.2, -0.15) is 0 Å². The minimum atomic E-state index is -3.78. The Morgan fingerprint density at radius 2 is 1.88 bits per heavy atom. The highest BCUT2D eigenvalue weighted by Gasteiger charge is 2.29. The number of anilines is 1. The van der Waals surface area contributed by atoms with E-state index in [9.17, 15) is 17.6 Å². The summed E-state index contributed by atoms with van der Waals surface area (Å²) in [5.41, 5.74) is 0.933. The molecule has 1 N–H and O–H groups in total. The molecule has 2 aromatic rings. The number of nitrogens with zero attached hydrogens (tertiary/aromatic N) is 1. The molecule has 0 aromatic heterocycles. The molecule has 0 fully saturated rings. The number of nitrogens with one attached hydrogen (secondary N) is 1. The van der Waals surface area contributed by atoms with E-state index in [2.05, 4.69) is 5.32 Å². The van der Waals surface area contributed by atoms with Crippen molar-refractivity contribution >= 4 is 21.6 Å². The minimum absolute atomic E-state index is 0.0968. The van der Waals surface area contributed by atoms with E-state index in [1.807, 2.05) is 0 Å². The second-order valence-electron chi connectivity index (χ2n) is 5.78. The third kappa shape index (κ3) is 4.95. The Labute approximate surface area is 152 Å². The van der Waals surface area contributed by atoms with Crippen LogP contribution < -0.4 is 14.4 Å². The van der Waals surface area contributed by atoms with Crippen LogP contribution in [-0.2, 0) is 21.4 Å². The monoisotopic (exact) mass is 380 g/mol. The number of ether oxygens (including phenoxy) is 1. The van der Waals surface area contributed by atoms with Crippen LogP contribution in [0.15, 0.2) is 48.5 Å². The fourth-order valence-electron chi connectivity index (χ4n) is 2.50. The predicted molar refractivity (Wildman–Crippen MR) is 98.0 cm³/mol. The van der Waals surface area contributed by atoms with Crippen LogP contribution >= 0.6 is 0 Å². The van der Waals surface area contributed by atoms with Crippen molar-refractivity contribution in [2.24, 2.45) is 0 Å². The highest BCUT2D eigenvalue weighted by atomic mass is 32.2. The van der Waals surface area contributed by atoms with Crippen molar-refractivity contribution in [3.8, 4) is 5.75 Å². The van der Waals surface area contributed by atoms with E-state index < -0.39 is 27.8 Å². The van der Waals surface area contributed by atoms with Gasteiger partial charge in [0.05, 0.1) is 19.1 Å². The normalized spacial score (nSPS) is 12.3. The Kier molecular flexibility index (Phi) is 6.20. The van der Waals surface area contributed by atoms with Gasteiger partial charge in [-0.25, -0.2) is 12.8 Å². The lowest BCUT2D eigenvalue weighted by Gasteiger charge is -2.28. The maximum atomic E-state index is 13.5. The third-order valence-corrected chi connectivity index (χ3v) is 5.02. The fourth-order valence-corrected chi connectivity index (χ4v) is 3.67. The van der Waals surface area contributed by atoms with Crippen LogP contribution in [0.5, 0.6) is 5.75 Å². The molecule has 0 spiro atoms. The van der Waals surface area contributed by atoms with Crippen LogP contribution in [0.4, 0.5) is 10.1 Å². The largest absolute Gasteiger partial charge is 0.497 e. The molecule has 0 bridgehead atoms. The van der Waals surface area contributed by atoms with Gasteiger partial charge < -0.3 is 10.1 Å². The average Bonchev–Trinajstić information content (AvgIpc) is 2.59. The van der Waals surface area contributed by atoms with Crippen LogP contribution in [-0.4, -0.2) is 33.7 Å². The summed E-state index contributed by atoms with van der Waals surface area (Å²) < 4.78 is 43.7. The summed E-state index contributed by atoms with van der Waals surface area (Å²) in [5.74, 6) is -0.375. The van der Waals surface area contributed by atoms with Crippen LogP contribution in [0.2, 0.25) is 0 Å². The maximum Gasteiger partial charge on any atom is 0.243 e. The van der Waals surface area contributed by atoms with Gasteiger partial charge in [-0.05, 0) is 42.8 Å². The predicted octanol–water partition coefficient (Wildman–Crippen LogP) is 2.31. The minimum Gasteiger partial charge on any atom is -0.497 e. The van der Waals surface area contributed by atoms with Gasteiger partial charge in [0.25, 0.3) is 0 Å². The number of carbonyl (C=O) groups excluding carboxylic acids is 1. The quantitative estimate of drug-likeness (QED) is 0.800. The summed E-state index contributed by atoms with van der Waals surface area (Å²) in [7, 11) is -2.22. The molecule has 26 heavy (non-hydrogen) atoms. The van der Waals surface area contributed by atoms with Gasteiger partial charge in [0.1, 0.15) is 17.6 Å². The molecule has 1 atom stereocenters. The highest BCUT2D eigenvalue weighted by molar-refractivity contribution is 7.92. The van der Waals surface area contributed by atoms with Gasteiger partial charge in [0.15, 0.2) is 0 Å². The summed E-state index contributed by atoms with van der Waals surface area (Å²) in [5, 5.41) is 2.69. The number of halogens is 1. The molecule has 1 unspecified atom stereocenters. The Bertz CT molecular complexity index is 869. The zero-order valence-corrected chi connectivity index (χ0v) is 15.6. The number of rotatable bonds is 7. The average molecular weight is 380 g/mol. The van der Waals surface area contributed by atoms with Gasteiger partial charge in [0, 0.05) is 6.54 Å². The smallest absolute Gasteiger partial charge is 0.243 e. The van der Waals surface area contributed by atoms with Gasteiger partial charge in [-0.1, -0.05) is 18.2 Å². The number of carbonyl (C=O) groups is 1. The Balaban J connectivity index is 2.14. The molecular formula is C18H21FN2O4S. The van der Waals surface area contributed by atoms with Crippen LogP contribution in [0, 0.1) is 5.82 Å². The first-order valence-electron chi connectivity index (χ1n) is 7.88. The topological polar surface area (TPSA) is 75.7 Å². The number of methoxy groups -OCH3 is 1. The van der Waals surface area contributed by atoms with E-state index in [4.69, 9.17) is 4.74 Å². The van der Waals surface area contributed by atoms with E-state index in [0.717, 1.165) is 22.2 Å². The van der Waals surface area contributed by atoms with E-state index in [1.165, 1.54) is 25.1 Å². The molecule has 8 heteroatoms. The second-order valence-corrected chi connectivity index (χ2v) is 7.64. The molecule has 0 aliphatic carbocycles. The zero-order valence-electron chi connectivity index (χ0n) is 14.8. The van der Waals surface area contributed by atoms with Crippen molar-refractivity contribution in [1.29, 1.82) is 0 Å². The summed E-state index contributed by atoms with van der Waals surface area (Å²) in [4.78, 5) is 12.5. The standard InChI is InChI=1S/C18H21FN2O4S/c1-13(18(22)20-12-14-7-9-17(25-2)10-8-14)21(26(3,23)24)16-6-4-5-15(19)11-16/h4-11,13H,12H2,1-3H3,(H,20,22). The lowest BCUT2D eigenvalue weighted by Crippen LogP contribution is -2.47. The molecule has 0 saturated heterocycles. The molecule has 0 saturated carbocycles. The molecule has 0 radical (unpaired) electrons. The number of hydrogen-bond donors (Lipinski definition) is 1. The van der Waals surface area contributed by atoms with Gasteiger partial charge in [0.2, 0.25) is 15.9 Å². The van der Waals surface area contributed by atoms with Gasteiger partial charge in [-0.15, -0.1) is 0 Å². The van der Waals surface area contributed by atoms with Crippen molar-refractivity contribution < 1.29 is 22.3 Å².